The highest BCUT2D eigenvalue weighted by Crippen LogP contribution is 2.43. The van der Waals surface area contributed by atoms with Crippen LogP contribution in [0.5, 0.6) is 5.75 Å². The number of fused-ring (bicyclic) bond motifs is 1. The average Bonchev–Trinajstić information content (AvgIpc) is 3.47. The van der Waals surface area contributed by atoms with Gasteiger partial charge in [-0.25, -0.2) is 4.39 Å². The van der Waals surface area contributed by atoms with Gasteiger partial charge in [0, 0.05) is 25.2 Å². The number of amides is 2. The lowest BCUT2D eigenvalue weighted by Crippen LogP contribution is -2.53. The van der Waals surface area contributed by atoms with Crippen LogP contribution in [0.1, 0.15) is 60.0 Å². The van der Waals surface area contributed by atoms with Crippen LogP contribution >= 0.6 is 11.6 Å². The molecule has 0 saturated heterocycles. The minimum absolute atomic E-state index is 0.0824. The molecule has 5 rings (SSSR count). The van der Waals surface area contributed by atoms with Crippen molar-refractivity contribution in [3.63, 3.8) is 0 Å². The molecular formula is C33H36ClFN2O3. The molecule has 0 radical (unpaired) electrons. The molecule has 1 aliphatic heterocycles. The fourth-order valence-corrected chi connectivity index (χ4v) is 6.34. The van der Waals surface area contributed by atoms with Crippen LogP contribution in [-0.4, -0.2) is 54.4 Å². The van der Waals surface area contributed by atoms with Gasteiger partial charge in [-0.05, 0) is 73.6 Å². The maximum atomic E-state index is 14.7. The summed E-state index contributed by atoms with van der Waals surface area (Å²) in [6, 6.07) is 21.4. The molecule has 2 aliphatic rings. The first-order chi connectivity index (χ1) is 19.4. The van der Waals surface area contributed by atoms with Gasteiger partial charge in [-0.2, -0.15) is 0 Å². The lowest BCUT2D eigenvalue weighted by atomic mass is 9.77. The molecule has 1 aliphatic carbocycles. The number of rotatable bonds is 4. The summed E-state index contributed by atoms with van der Waals surface area (Å²) in [5, 5.41) is 0.469. The van der Waals surface area contributed by atoms with Crippen molar-refractivity contribution in [2.24, 2.45) is 0 Å². The number of nitrogens with zero attached hydrogens (tertiary/aromatic N) is 2. The van der Waals surface area contributed by atoms with Crippen molar-refractivity contribution in [2.75, 3.05) is 26.7 Å². The number of benzene rings is 3. The predicted molar refractivity (Wildman–Crippen MR) is 155 cm³/mol. The van der Waals surface area contributed by atoms with Crippen LogP contribution in [0.15, 0.2) is 72.8 Å². The first-order valence-corrected chi connectivity index (χ1v) is 14.5. The Morgan fingerprint density at radius 3 is 2.40 bits per heavy atom. The Morgan fingerprint density at radius 1 is 0.975 bits per heavy atom. The normalized spacial score (nSPS) is 19.8. The van der Waals surface area contributed by atoms with Crippen LogP contribution < -0.4 is 4.74 Å². The molecule has 5 nitrogen and oxygen atoms in total. The molecule has 0 aromatic heterocycles. The highest BCUT2D eigenvalue weighted by atomic mass is 35.5. The standard InChI is InChI=1S/C33H36ClFN2O3/c1-36-19-7-8-20-37(32(39)33(17-5-6-18-33)25-11-14-27(35)15-12-25)28(21-24-9-3-2-4-10-24)23-40-30-16-13-26(34)22-29(30)31(36)38/h2-4,9-16,22,28H,5-8,17-21,23H2,1H3/t28-/m1/s1. The molecule has 2 amide bonds. The van der Waals surface area contributed by atoms with Crippen molar-refractivity contribution in [3.05, 3.63) is 100 Å². The largest absolute Gasteiger partial charge is 0.491 e. The molecule has 0 N–H and O–H groups in total. The Morgan fingerprint density at radius 2 is 1.68 bits per heavy atom. The second-order valence-corrected chi connectivity index (χ2v) is 11.5. The molecule has 1 atom stereocenters. The average molecular weight is 563 g/mol. The fourth-order valence-electron chi connectivity index (χ4n) is 6.16. The molecule has 0 spiro atoms. The van der Waals surface area contributed by atoms with Crippen molar-refractivity contribution in [3.8, 4) is 5.75 Å². The molecule has 1 heterocycles. The smallest absolute Gasteiger partial charge is 0.257 e. The van der Waals surface area contributed by atoms with E-state index in [0.717, 1.165) is 49.7 Å². The summed E-state index contributed by atoms with van der Waals surface area (Å²) in [6.45, 7) is 1.34. The third-order valence-corrected chi connectivity index (χ3v) is 8.61. The summed E-state index contributed by atoms with van der Waals surface area (Å²) >= 11 is 6.27. The van der Waals surface area contributed by atoms with Gasteiger partial charge >= 0.3 is 0 Å². The van der Waals surface area contributed by atoms with Crippen molar-refractivity contribution in [2.45, 2.75) is 56.4 Å². The Hall–Kier alpha value is -3.38. The third kappa shape index (κ3) is 6.02. The maximum Gasteiger partial charge on any atom is 0.257 e. The van der Waals surface area contributed by atoms with Gasteiger partial charge in [-0.3, -0.25) is 9.59 Å². The van der Waals surface area contributed by atoms with E-state index in [-0.39, 0.29) is 30.3 Å². The van der Waals surface area contributed by atoms with Gasteiger partial charge in [0.2, 0.25) is 5.91 Å². The van der Waals surface area contributed by atoms with Crippen molar-refractivity contribution < 1.29 is 18.7 Å². The van der Waals surface area contributed by atoms with Gasteiger partial charge < -0.3 is 14.5 Å². The van der Waals surface area contributed by atoms with Crippen LogP contribution in [-0.2, 0) is 16.6 Å². The van der Waals surface area contributed by atoms with Gasteiger partial charge in [0.05, 0.1) is 17.0 Å². The van der Waals surface area contributed by atoms with E-state index >= 15 is 0 Å². The summed E-state index contributed by atoms with van der Waals surface area (Å²) < 4.78 is 20.2. The van der Waals surface area contributed by atoms with E-state index in [1.165, 1.54) is 12.1 Å². The predicted octanol–water partition coefficient (Wildman–Crippen LogP) is 6.68. The molecule has 40 heavy (non-hydrogen) atoms. The second kappa shape index (κ2) is 12.4. The first kappa shape index (κ1) is 28.2. The molecule has 210 valence electrons. The molecule has 1 fully saturated rings. The van der Waals surface area contributed by atoms with E-state index in [1.807, 2.05) is 23.1 Å². The molecule has 7 heteroatoms. The van der Waals surface area contributed by atoms with E-state index in [1.54, 1.807) is 42.3 Å². The van der Waals surface area contributed by atoms with Gasteiger partial charge in [-0.15, -0.1) is 0 Å². The lowest BCUT2D eigenvalue weighted by molar-refractivity contribution is -0.140. The van der Waals surface area contributed by atoms with Gasteiger partial charge in [0.25, 0.3) is 5.91 Å². The molecule has 0 unspecified atom stereocenters. The highest BCUT2D eigenvalue weighted by Gasteiger charge is 2.46. The van der Waals surface area contributed by atoms with E-state index in [9.17, 15) is 14.0 Å². The van der Waals surface area contributed by atoms with E-state index in [2.05, 4.69) is 12.1 Å². The van der Waals surface area contributed by atoms with Crippen molar-refractivity contribution in [1.29, 1.82) is 0 Å². The minimum atomic E-state index is -0.683. The first-order valence-electron chi connectivity index (χ1n) is 14.2. The SMILES string of the molecule is CN1CCCCN(C(=O)C2(c3ccc(F)cc3)CCCC2)[C@H](Cc2ccccc2)COc2ccc(Cl)cc2C1=O. The van der Waals surface area contributed by atoms with E-state index in [0.29, 0.717) is 35.8 Å². The number of ether oxygens (including phenoxy) is 1. The summed E-state index contributed by atoms with van der Waals surface area (Å²) in [4.78, 5) is 31.7. The Kier molecular flexibility index (Phi) is 8.75. The number of carbonyl (C=O) groups is 2. The number of hydrogen-bond donors (Lipinski definition) is 0. The van der Waals surface area contributed by atoms with Crippen LogP contribution in [0.4, 0.5) is 4.39 Å². The van der Waals surface area contributed by atoms with E-state index < -0.39 is 5.41 Å². The molecule has 3 aromatic carbocycles. The Balaban J connectivity index is 1.54. The Bertz CT molecular complexity index is 1330. The summed E-state index contributed by atoms with van der Waals surface area (Å²) in [5.74, 6) is 0.107. The highest BCUT2D eigenvalue weighted by molar-refractivity contribution is 6.31. The fraction of sp³-hybridized carbons (Fsp3) is 0.394. The number of halogens is 2. The van der Waals surface area contributed by atoms with Gasteiger partial charge in [0.15, 0.2) is 0 Å². The van der Waals surface area contributed by atoms with Crippen LogP contribution in [0.2, 0.25) is 5.02 Å². The monoisotopic (exact) mass is 562 g/mol. The van der Waals surface area contributed by atoms with Gasteiger partial charge in [-0.1, -0.05) is 66.9 Å². The summed E-state index contributed by atoms with van der Waals surface area (Å²) in [7, 11) is 1.78. The topological polar surface area (TPSA) is 49.9 Å². The number of hydrogen-bond acceptors (Lipinski definition) is 3. The zero-order valence-electron chi connectivity index (χ0n) is 23.0. The summed E-state index contributed by atoms with van der Waals surface area (Å²) in [6.07, 6.45) is 5.51. The molecule has 0 bridgehead atoms. The maximum absolute atomic E-state index is 14.7. The van der Waals surface area contributed by atoms with Crippen LogP contribution in [0.25, 0.3) is 0 Å². The van der Waals surface area contributed by atoms with Gasteiger partial charge in [0.1, 0.15) is 18.2 Å². The van der Waals surface area contributed by atoms with Crippen molar-refractivity contribution in [1.82, 2.24) is 9.80 Å². The van der Waals surface area contributed by atoms with Crippen molar-refractivity contribution >= 4 is 23.4 Å². The van der Waals surface area contributed by atoms with E-state index in [4.69, 9.17) is 16.3 Å². The van der Waals surface area contributed by atoms with Crippen LogP contribution in [0, 0.1) is 5.82 Å². The molecule has 3 aromatic rings. The lowest BCUT2D eigenvalue weighted by Gasteiger charge is -2.40. The molecule has 1 saturated carbocycles. The minimum Gasteiger partial charge on any atom is -0.491 e. The Labute approximate surface area is 240 Å². The van der Waals surface area contributed by atoms with Crippen LogP contribution in [0.3, 0.4) is 0 Å². The third-order valence-electron chi connectivity index (χ3n) is 8.37. The number of carbonyl (C=O) groups excluding carboxylic acids is 2. The zero-order valence-corrected chi connectivity index (χ0v) is 23.7. The molecular weight excluding hydrogens is 527 g/mol. The quantitative estimate of drug-likeness (QED) is 0.356. The second-order valence-electron chi connectivity index (χ2n) is 11.0. The summed E-state index contributed by atoms with van der Waals surface area (Å²) in [5.41, 5.74) is 1.73. The zero-order chi connectivity index (χ0) is 28.1.